The fourth-order valence-corrected chi connectivity index (χ4v) is 2.24. The highest BCUT2D eigenvalue weighted by Gasteiger charge is 2.13. The van der Waals surface area contributed by atoms with E-state index in [-0.39, 0.29) is 13.2 Å². The van der Waals surface area contributed by atoms with E-state index in [0.717, 1.165) is 15.8 Å². The minimum absolute atomic E-state index is 0.220. The van der Waals surface area contributed by atoms with Gasteiger partial charge in [0.1, 0.15) is 18.1 Å². The van der Waals surface area contributed by atoms with Gasteiger partial charge in [0.2, 0.25) is 0 Å². The molecule has 0 unspecified atom stereocenters. The lowest BCUT2D eigenvalue weighted by atomic mass is 10.2. The lowest BCUT2D eigenvalue weighted by Gasteiger charge is -2.09. The molecule has 2 amide bonds. The molecule has 0 saturated heterocycles. The van der Waals surface area contributed by atoms with Gasteiger partial charge in [-0.05, 0) is 55.0 Å². The number of aryl methyl sites for hydroxylation is 1. The number of nitrogens with one attached hydrogen (secondary N) is 2. The first-order chi connectivity index (χ1) is 12.0. The predicted octanol–water partition coefficient (Wildman–Crippen LogP) is 2.90. The molecule has 2 aromatic carbocycles. The molecule has 0 saturated carbocycles. The third kappa shape index (κ3) is 5.79. The molecular weight excluding hydrogens is 388 g/mol. The van der Waals surface area contributed by atoms with E-state index in [9.17, 15) is 9.59 Å². The van der Waals surface area contributed by atoms with E-state index < -0.39 is 11.8 Å². The van der Waals surface area contributed by atoms with Crippen molar-refractivity contribution in [2.45, 2.75) is 6.92 Å². The minimum atomic E-state index is -0.717. The number of hydrogen-bond donors (Lipinski definition) is 2. The van der Waals surface area contributed by atoms with Crippen molar-refractivity contribution in [3.63, 3.8) is 0 Å². The second-order valence-corrected chi connectivity index (χ2v) is 6.05. The Labute approximate surface area is 154 Å². The Morgan fingerprint density at radius 3 is 2.36 bits per heavy atom. The smallest absolute Gasteiger partial charge is 0.313 e. The molecule has 0 aliphatic carbocycles. The highest BCUT2D eigenvalue weighted by Crippen LogP contribution is 2.20. The molecule has 0 radical (unpaired) electrons. The van der Waals surface area contributed by atoms with Crippen LogP contribution < -0.4 is 20.1 Å². The van der Waals surface area contributed by atoms with Crippen molar-refractivity contribution in [2.75, 3.05) is 25.6 Å². The molecular formula is C18H19BrN2O4. The Morgan fingerprint density at radius 2 is 1.72 bits per heavy atom. The zero-order valence-electron chi connectivity index (χ0n) is 14.0. The lowest BCUT2D eigenvalue weighted by Crippen LogP contribution is -2.37. The number of hydrogen-bond acceptors (Lipinski definition) is 4. The number of rotatable bonds is 6. The monoisotopic (exact) mass is 406 g/mol. The van der Waals surface area contributed by atoms with Gasteiger partial charge >= 0.3 is 11.8 Å². The summed E-state index contributed by atoms with van der Waals surface area (Å²) in [4.78, 5) is 23.6. The Morgan fingerprint density at radius 1 is 1.04 bits per heavy atom. The molecule has 132 valence electrons. The highest BCUT2D eigenvalue weighted by atomic mass is 79.9. The number of carbonyl (C=O) groups is 2. The van der Waals surface area contributed by atoms with Crippen molar-refractivity contribution in [3.8, 4) is 11.5 Å². The average molecular weight is 407 g/mol. The van der Waals surface area contributed by atoms with Crippen LogP contribution in [-0.4, -0.2) is 32.1 Å². The molecule has 0 aliphatic rings. The molecule has 2 N–H and O–H groups in total. The topological polar surface area (TPSA) is 76.7 Å². The van der Waals surface area contributed by atoms with Crippen molar-refractivity contribution in [3.05, 3.63) is 52.5 Å². The molecule has 0 aromatic heterocycles. The second kappa shape index (κ2) is 9.08. The van der Waals surface area contributed by atoms with Gasteiger partial charge in [-0.2, -0.15) is 0 Å². The lowest BCUT2D eigenvalue weighted by molar-refractivity contribution is -0.136. The summed E-state index contributed by atoms with van der Waals surface area (Å²) in [5.74, 6) is -0.0320. The quantitative estimate of drug-likeness (QED) is 0.571. The van der Waals surface area contributed by atoms with Gasteiger partial charge < -0.3 is 20.1 Å². The van der Waals surface area contributed by atoms with Gasteiger partial charge in [-0.3, -0.25) is 9.59 Å². The fourth-order valence-electron chi connectivity index (χ4n) is 2.00. The summed E-state index contributed by atoms with van der Waals surface area (Å²) < 4.78 is 11.5. The SMILES string of the molecule is COc1ccc(OCCNC(=O)C(=O)Nc2ccc(Br)c(C)c2)cc1. The normalized spacial score (nSPS) is 10.0. The number of ether oxygens (including phenoxy) is 2. The molecule has 0 fully saturated rings. The molecule has 0 heterocycles. The maximum atomic E-state index is 11.9. The van der Waals surface area contributed by atoms with Gasteiger partial charge in [-0.1, -0.05) is 15.9 Å². The Kier molecular flexibility index (Phi) is 6.82. The molecule has 2 rings (SSSR count). The molecule has 0 spiro atoms. The van der Waals surface area contributed by atoms with Gasteiger partial charge in [0.15, 0.2) is 0 Å². The summed E-state index contributed by atoms with van der Waals surface area (Å²) in [5, 5.41) is 5.07. The molecule has 2 aromatic rings. The van der Waals surface area contributed by atoms with Gasteiger partial charge in [0.05, 0.1) is 13.7 Å². The van der Waals surface area contributed by atoms with E-state index in [0.29, 0.717) is 11.4 Å². The fraction of sp³-hybridized carbons (Fsp3) is 0.222. The first-order valence-corrected chi connectivity index (χ1v) is 8.41. The number of benzene rings is 2. The summed E-state index contributed by atoms with van der Waals surface area (Å²) in [6.45, 7) is 2.37. The molecule has 7 heteroatoms. The number of halogens is 1. The highest BCUT2D eigenvalue weighted by molar-refractivity contribution is 9.10. The van der Waals surface area contributed by atoms with E-state index in [4.69, 9.17) is 9.47 Å². The summed E-state index contributed by atoms with van der Waals surface area (Å²) in [7, 11) is 1.59. The zero-order chi connectivity index (χ0) is 18.2. The predicted molar refractivity (Wildman–Crippen MR) is 99.0 cm³/mol. The second-order valence-electron chi connectivity index (χ2n) is 5.20. The first-order valence-electron chi connectivity index (χ1n) is 7.62. The van der Waals surface area contributed by atoms with Crippen LogP contribution in [0.1, 0.15) is 5.56 Å². The van der Waals surface area contributed by atoms with Crippen LogP contribution in [0, 0.1) is 6.92 Å². The Hall–Kier alpha value is -2.54. The first kappa shape index (κ1) is 18.8. The minimum Gasteiger partial charge on any atom is -0.497 e. The van der Waals surface area contributed by atoms with Crippen molar-refractivity contribution < 1.29 is 19.1 Å². The van der Waals surface area contributed by atoms with E-state index in [1.165, 1.54) is 0 Å². The van der Waals surface area contributed by atoms with Crippen LogP contribution in [0.25, 0.3) is 0 Å². The summed E-state index contributed by atoms with van der Waals surface area (Å²) in [6.07, 6.45) is 0. The number of anilines is 1. The average Bonchev–Trinajstić information content (AvgIpc) is 2.62. The van der Waals surface area contributed by atoms with Crippen molar-refractivity contribution in [1.29, 1.82) is 0 Å². The van der Waals surface area contributed by atoms with Crippen LogP contribution in [0.3, 0.4) is 0 Å². The Bertz CT molecular complexity index is 747. The van der Waals surface area contributed by atoms with Crippen molar-refractivity contribution >= 4 is 33.4 Å². The van der Waals surface area contributed by atoms with Gasteiger partial charge in [-0.25, -0.2) is 0 Å². The Balaban J connectivity index is 1.73. The van der Waals surface area contributed by atoms with E-state index >= 15 is 0 Å². The van der Waals surface area contributed by atoms with Gasteiger partial charge in [-0.15, -0.1) is 0 Å². The van der Waals surface area contributed by atoms with Gasteiger partial charge in [0, 0.05) is 10.2 Å². The number of methoxy groups -OCH3 is 1. The summed E-state index contributed by atoms with van der Waals surface area (Å²) >= 11 is 3.38. The van der Waals surface area contributed by atoms with E-state index in [2.05, 4.69) is 26.6 Å². The maximum absolute atomic E-state index is 11.9. The standard InChI is InChI=1S/C18H19BrN2O4/c1-12-11-13(3-8-16(12)19)21-18(23)17(22)20-9-10-25-15-6-4-14(24-2)5-7-15/h3-8,11H,9-10H2,1-2H3,(H,20,22)(H,21,23). The summed E-state index contributed by atoms with van der Waals surface area (Å²) in [5.41, 5.74) is 1.53. The van der Waals surface area contributed by atoms with E-state index in [1.807, 2.05) is 13.0 Å². The number of carbonyl (C=O) groups excluding carboxylic acids is 2. The van der Waals surface area contributed by atoms with Crippen molar-refractivity contribution in [1.82, 2.24) is 5.32 Å². The van der Waals surface area contributed by atoms with Crippen LogP contribution in [-0.2, 0) is 9.59 Å². The molecule has 0 bridgehead atoms. The van der Waals surface area contributed by atoms with Crippen LogP contribution in [0.4, 0.5) is 5.69 Å². The zero-order valence-corrected chi connectivity index (χ0v) is 15.6. The summed E-state index contributed by atoms with van der Waals surface area (Å²) in [6, 6.07) is 12.4. The molecule has 25 heavy (non-hydrogen) atoms. The van der Waals surface area contributed by atoms with Crippen LogP contribution in [0.5, 0.6) is 11.5 Å². The third-order valence-electron chi connectivity index (χ3n) is 3.34. The van der Waals surface area contributed by atoms with Crippen LogP contribution >= 0.6 is 15.9 Å². The third-order valence-corrected chi connectivity index (χ3v) is 4.23. The molecule has 0 atom stereocenters. The van der Waals surface area contributed by atoms with Crippen LogP contribution in [0.15, 0.2) is 46.9 Å². The van der Waals surface area contributed by atoms with Gasteiger partial charge in [0.25, 0.3) is 0 Å². The van der Waals surface area contributed by atoms with E-state index in [1.54, 1.807) is 43.5 Å². The maximum Gasteiger partial charge on any atom is 0.313 e. The number of amides is 2. The largest absolute Gasteiger partial charge is 0.497 e. The molecule has 0 aliphatic heterocycles. The van der Waals surface area contributed by atoms with Crippen LogP contribution in [0.2, 0.25) is 0 Å². The molecule has 6 nitrogen and oxygen atoms in total. The van der Waals surface area contributed by atoms with Crippen molar-refractivity contribution in [2.24, 2.45) is 0 Å².